The number of aliphatic hydroxyl groups excluding tert-OH is 1. The number of carbonyl (C=O) groups excluding carboxylic acids is 4. The van der Waals surface area contributed by atoms with E-state index in [2.05, 4.69) is 41.5 Å². The first kappa shape index (κ1) is 92.1. The third-order valence-corrected chi connectivity index (χ3v) is 19.7. The second-order valence-electron chi connectivity index (χ2n) is 27.8. The predicted octanol–water partition coefficient (Wildman–Crippen LogP) is 21.9. The van der Waals surface area contributed by atoms with Crippen LogP contribution in [0.4, 0.5) is 0 Å². The van der Waals surface area contributed by atoms with Crippen molar-refractivity contribution in [1.29, 1.82) is 0 Å². The number of hydrogen-bond acceptors (Lipinski definition) is 15. The first-order valence-corrected chi connectivity index (χ1v) is 42.0. The molecular formula is C75H146O17P2. The zero-order valence-corrected chi connectivity index (χ0v) is 63.1. The molecular weight excluding hydrogens is 1230 g/mol. The van der Waals surface area contributed by atoms with Crippen LogP contribution >= 0.6 is 15.6 Å². The first-order chi connectivity index (χ1) is 45.4. The normalized spacial score (nSPS) is 14.3. The lowest BCUT2D eigenvalue weighted by molar-refractivity contribution is -0.161. The van der Waals surface area contributed by atoms with Gasteiger partial charge in [0, 0.05) is 25.7 Å². The molecule has 0 rings (SSSR count). The maximum atomic E-state index is 13.1. The average molecular weight is 1380 g/mol. The zero-order valence-electron chi connectivity index (χ0n) is 61.3. The number of phosphoric acid groups is 2. The largest absolute Gasteiger partial charge is 0.472 e. The van der Waals surface area contributed by atoms with Gasteiger partial charge in [0.2, 0.25) is 0 Å². The van der Waals surface area contributed by atoms with Gasteiger partial charge in [-0.2, -0.15) is 0 Å². The van der Waals surface area contributed by atoms with Gasteiger partial charge in [-0.3, -0.25) is 37.3 Å². The van der Waals surface area contributed by atoms with Gasteiger partial charge in [0.1, 0.15) is 19.3 Å². The molecule has 0 aromatic carbocycles. The number of unbranched alkanes of at least 4 members (excludes halogenated alkanes) is 43. The molecule has 3 unspecified atom stereocenters. The summed E-state index contributed by atoms with van der Waals surface area (Å²) in [5.74, 6) is -0.463. The number of carbonyl (C=O) groups is 4. The molecule has 0 aliphatic heterocycles. The minimum Gasteiger partial charge on any atom is -0.462 e. The number of ether oxygens (including phenoxy) is 4. The molecule has 0 aromatic heterocycles. The van der Waals surface area contributed by atoms with Crippen LogP contribution < -0.4 is 0 Å². The van der Waals surface area contributed by atoms with Crippen LogP contribution in [0.5, 0.6) is 0 Å². The molecule has 94 heavy (non-hydrogen) atoms. The van der Waals surface area contributed by atoms with Crippen molar-refractivity contribution >= 4 is 39.5 Å². The number of esters is 4. The van der Waals surface area contributed by atoms with Crippen molar-refractivity contribution in [2.24, 2.45) is 11.8 Å². The van der Waals surface area contributed by atoms with Gasteiger partial charge >= 0.3 is 39.5 Å². The van der Waals surface area contributed by atoms with Crippen LogP contribution in [-0.2, 0) is 65.4 Å². The summed E-state index contributed by atoms with van der Waals surface area (Å²) < 4.78 is 68.3. The Bertz CT molecular complexity index is 1820. The van der Waals surface area contributed by atoms with E-state index in [0.29, 0.717) is 25.7 Å². The summed E-state index contributed by atoms with van der Waals surface area (Å²) in [6, 6.07) is 0. The molecule has 3 N–H and O–H groups in total. The van der Waals surface area contributed by atoms with Crippen molar-refractivity contribution in [1.82, 2.24) is 0 Å². The van der Waals surface area contributed by atoms with Gasteiger partial charge in [-0.15, -0.1) is 0 Å². The molecule has 0 aliphatic rings. The first-order valence-electron chi connectivity index (χ1n) is 39.0. The Morgan fingerprint density at radius 2 is 0.543 bits per heavy atom. The number of phosphoric ester groups is 2. The lowest BCUT2D eigenvalue weighted by Gasteiger charge is -2.21. The van der Waals surface area contributed by atoms with Gasteiger partial charge in [0.15, 0.2) is 12.2 Å². The topological polar surface area (TPSA) is 237 Å². The molecule has 0 saturated heterocycles. The van der Waals surface area contributed by atoms with Gasteiger partial charge in [0.05, 0.1) is 26.4 Å². The van der Waals surface area contributed by atoms with E-state index in [4.69, 9.17) is 37.0 Å². The van der Waals surface area contributed by atoms with Crippen LogP contribution in [0.3, 0.4) is 0 Å². The minimum absolute atomic E-state index is 0.106. The molecule has 0 heterocycles. The van der Waals surface area contributed by atoms with Gasteiger partial charge < -0.3 is 33.8 Å². The smallest absolute Gasteiger partial charge is 0.462 e. The Labute approximate surface area is 575 Å². The lowest BCUT2D eigenvalue weighted by atomic mass is 9.99. The molecule has 0 bridgehead atoms. The number of hydrogen-bond donors (Lipinski definition) is 3. The molecule has 0 radical (unpaired) electrons. The molecule has 0 aromatic rings. The van der Waals surface area contributed by atoms with Crippen LogP contribution in [0, 0.1) is 11.8 Å². The standard InChI is InChI=1S/C75H146O17P2/c1-7-10-12-14-16-17-34-41-47-53-59-74(79)91-70(63-85-72(77)57-51-45-37-15-13-11-8-2)65-89-93(81,82)87-61-69(76)62-88-94(83,84)90-66-71(64-86-73(78)58-52-46-40-35-30-26-23-22-25-29-33-39-44-50-56-68(6)9-3)92-75(80)60-54-48-42-36-31-27-21-19-18-20-24-28-32-38-43-49-55-67(4)5/h67-71,76H,7-66H2,1-6H3,(H,81,82)(H,83,84)/t68?,69-,70+,71+/m0/s1. The highest BCUT2D eigenvalue weighted by molar-refractivity contribution is 7.47. The molecule has 6 atom stereocenters. The summed E-state index contributed by atoms with van der Waals surface area (Å²) in [5.41, 5.74) is 0. The van der Waals surface area contributed by atoms with Crippen molar-refractivity contribution < 1.29 is 80.2 Å². The minimum atomic E-state index is -4.96. The second-order valence-corrected chi connectivity index (χ2v) is 30.7. The highest BCUT2D eigenvalue weighted by atomic mass is 31.2. The molecule has 0 aliphatic carbocycles. The summed E-state index contributed by atoms with van der Waals surface area (Å²) in [6.45, 7) is 9.62. The number of rotatable bonds is 74. The van der Waals surface area contributed by atoms with Crippen LogP contribution in [0.1, 0.15) is 388 Å². The van der Waals surface area contributed by atoms with Crippen LogP contribution in [0.15, 0.2) is 0 Å². The third-order valence-electron chi connectivity index (χ3n) is 17.8. The Morgan fingerprint density at radius 1 is 0.309 bits per heavy atom. The highest BCUT2D eigenvalue weighted by Gasteiger charge is 2.30. The van der Waals surface area contributed by atoms with Gasteiger partial charge in [-0.1, -0.05) is 337 Å². The van der Waals surface area contributed by atoms with Gasteiger partial charge in [-0.05, 0) is 37.5 Å². The van der Waals surface area contributed by atoms with Crippen molar-refractivity contribution in [2.45, 2.75) is 407 Å². The Hall–Kier alpha value is -1.94. The van der Waals surface area contributed by atoms with Crippen molar-refractivity contribution in [3.05, 3.63) is 0 Å². The van der Waals surface area contributed by atoms with Crippen LogP contribution in [0.2, 0.25) is 0 Å². The van der Waals surface area contributed by atoms with E-state index in [9.17, 15) is 43.2 Å². The second kappa shape index (κ2) is 66.9. The van der Waals surface area contributed by atoms with Crippen LogP contribution in [-0.4, -0.2) is 96.7 Å². The summed E-state index contributed by atoms with van der Waals surface area (Å²) >= 11 is 0. The maximum absolute atomic E-state index is 13.1. The molecule has 0 fully saturated rings. The Morgan fingerprint density at radius 3 is 0.809 bits per heavy atom. The zero-order chi connectivity index (χ0) is 69.3. The third kappa shape index (κ3) is 67.3. The fourth-order valence-corrected chi connectivity index (χ4v) is 13.0. The van der Waals surface area contributed by atoms with E-state index >= 15 is 0 Å². The highest BCUT2D eigenvalue weighted by Crippen LogP contribution is 2.45. The summed E-state index contributed by atoms with van der Waals surface area (Å²) in [4.78, 5) is 72.6. The summed E-state index contributed by atoms with van der Waals surface area (Å²) in [7, 11) is -9.90. The lowest BCUT2D eigenvalue weighted by Crippen LogP contribution is -2.30. The predicted molar refractivity (Wildman–Crippen MR) is 381 cm³/mol. The fourth-order valence-electron chi connectivity index (χ4n) is 11.4. The van der Waals surface area contributed by atoms with Gasteiger partial charge in [0.25, 0.3) is 0 Å². The molecule has 19 heteroatoms. The van der Waals surface area contributed by atoms with E-state index in [1.165, 1.54) is 193 Å². The Balaban J connectivity index is 5.17. The Kier molecular flexibility index (Phi) is 65.5. The maximum Gasteiger partial charge on any atom is 0.472 e. The molecule has 0 saturated carbocycles. The van der Waals surface area contributed by atoms with Crippen LogP contribution in [0.25, 0.3) is 0 Å². The van der Waals surface area contributed by atoms with Crippen molar-refractivity contribution in [3.63, 3.8) is 0 Å². The summed E-state index contributed by atoms with van der Waals surface area (Å²) in [5, 5.41) is 10.6. The van der Waals surface area contributed by atoms with E-state index < -0.39 is 97.5 Å². The number of aliphatic hydroxyl groups is 1. The fraction of sp³-hybridized carbons (Fsp3) is 0.947. The molecule has 17 nitrogen and oxygen atoms in total. The van der Waals surface area contributed by atoms with Crippen molar-refractivity contribution in [2.75, 3.05) is 39.6 Å². The molecule has 0 amide bonds. The summed E-state index contributed by atoms with van der Waals surface area (Å²) in [6.07, 6.45) is 54.2. The van der Waals surface area contributed by atoms with E-state index in [1.54, 1.807) is 0 Å². The molecule has 0 spiro atoms. The van der Waals surface area contributed by atoms with E-state index in [0.717, 1.165) is 115 Å². The average Bonchev–Trinajstić information content (AvgIpc) is 1.27. The van der Waals surface area contributed by atoms with E-state index in [1.807, 2.05) is 0 Å². The quantitative estimate of drug-likeness (QED) is 0.0222. The SMILES string of the molecule is CCCCCCCCCCCCC(=O)O[C@H](COC(=O)CCCCCCCCC)COP(=O)(O)OC[C@H](O)COP(=O)(O)OC[C@@H](COC(=O)CCCCCCCCCCCCCCCCC(C)CC)OC(=O)CCCCCCCCCCCCCCCCCCC(C)C. The van der Waals surface area contributed by atoms with Gasteiger partial charge in [-0.25, -0.2) is 9.13 Å². The van der Waals surface area contributed by atoms with E-state index in [-0.39, 0.29) is 25.7 Å². The van der Waals surface area contributed by atoms with Crippen molar-refractivity contribution in [3.8, 4) is 0 Å². The molecule has 558 valence electrons. The monoisotopic (exact) mass is 1380 g/mol.